The number of ether oxygens (including phenoxy) is 1. The molecule has 3 rings (SSSR count). The highest BCUT2D eigenvalue weighted by molar-refractivity contribution is 7.89. The fourth-order valence-corrected chi connectivity index (χ4v) is 4.05. The van der Waals surface area contributed by atoms with Crippen molar-refractivity contribution in [2.45, 2.75) is 11.5 Å². The van der Waals surface area contributed by atoms with Crippen molar-refractivity contribution in [3.8, 4) is 0 Å². The van der Waals surface area contributed by atoms with E-state index in [-0.39, 0.29) is 17.4 Å². The summed E-state index contributed by atoms with van der Waals surface area (Å²) < 4.78 is 30.5. The van der Waals surface area contributed by atoms with Crippen molar-refractivity contribution in [2.75, 3.05) is 31.5 Å². The van der Waals surface area contributed by atoms with E-state index in [9.17, 15) is 18.0 Å². The normalized spacial score (nSPS) is 14.6. The molecule has 1 heterocycles. The Balaban J connectivity index is 1.48. The number of hydrogen-bond acceptors (Lipinski definition) is 6. The zero-order chi connectivity index (χ0) is 22.3. The number of anilines is 1. The number of amides is 2. The minimum atomic E-state index is -3.79. The van der Waals surface area contributed by atoms with Crippen LogP contribution in [0.4, 0.5) is 10.5 Å². The van der Waals surface area contributed by atoms with Crippen LogP contribution in [-0.2, 0) is 26.2 Å². The lowest BCUT2D eigenvalue weighted by Gasteiger charge is -2.33. The first-order chi connectivity index (χ1) is 14.9. The smallest absolute Gasteiger partial charge is 0.410 e. The average Bonchev–Trinajstić information content (AvgIpc) is 2.78. The van der Waals surface area contributed by atoms with Crippen molar-refractivity contribution in [2.24, 2.45) is 0 Å². The molecule has 9 nitrogen and oxygen atoms in total. The van der Waals surface area contributed by atoms with E-state index in [1.54, 1.807) is 9.91 Å². The van der Waals surface area contributed by atoms with E-state index >= 15 is 0 Å². The SMILES string of the molecule is C=CC(=O)Nc1ccc(S(=O)(=O)NN2CCN(C(=O)OCc3ccccc3)CC2)cc1. The van der Waals surface area contributed by atoms with Gasteiger partial charge in [-0.2, -0.15) is 0 Å². The number of benzene rings is 2. The van der Waals surface area contributed by atoms with Gasteiger partial charge < -0.3 is 15.0 Å². The van der Waals surface area contributed by atoms with Gasteiger partial charge in [-0.25, -0.2) is 18.2 Å². The van der Waals surface area contributed by atoms with Crippen molar-refractivity contribution in [3.63, 3.8) is 0 Å². The predicted octanol–water partition coefficient (Wildman–Crippen LogP) is 1.96. The lowest BCUT2D eigenvalue weighted by molar-refractivity contribution is -0.111. The molecule has 1 fully saturated rings. The Morgan fingerprint density at radius 3 is 2.26 bits per heavy atom. The molecule has 0 unspecified atom stereocenters. The summed E-state index contributed by atoms with van der Waals surface area (Å²) in [5.74, 6) is -0.381. The maximum atomic E-state index is 12.6. The molecule has 0 saturated carbocycles. The summed E-state index contributed by atoms with van der Waals surface area (Å²) in [4.78, 5) is 27.7. The molecule has 2 aromatic rings. The lowest BCUT2D eigenvalue weighted by atomic mass is 10.2. The summed E-state index contributed by atoms with van der Waals surface area (Å²) in [6.45, 7) is 4.88. The van der Waals surface area contributed by atoms with Gasteiger partial charge in [0.25, 0.3) is 10.0 Å². The van der Waals surface area contributed by atoms with E-state index in [4.69, 9.17) is 4.74 Å². The molecule has 0 aliphatic carbocycles. The number of nitrogens with one attached hydrogen (secondary N) is 2. The van der Waals surface area contributed by atoms with Crippen LogP contribution in [0, 0.1) is 0 Å². The summed E-state index contributed by atoms with van der Waals surface area (Å²) in [5, 5.41) is 4.10. The van der Waals surface area contributed by atoms with Gasteiger partial charge in [0, 0.05) is 31.9 Å². The minimum absolute atomic E-state index is 0.0637. The molecule has 2 aromatic carbocycles. The molecule has 0 atom stereocenters. The number of sulfonamides is 1. The molecule has 10 heteroatoms. The highest BCUT2D eigenvalue weighted by atomic mass is 32.2. The lowest BCUT2D eigenvalue weighted by Crippen LogP contribution is -2.54. The Labute approximate surface area is 181 Å². The Kier molecular flexibility index (Phi) is 7.40. The molecule has 2 amide bonds. The summed E-state index contributed by atoms with van der Waals surface area (Å²) >= 11 is 0. The molecule has 0 radical (unpaired) electrons. The second kappa shape index (κ2) is 10.2. The fraction of sp³-hybridized carbons (Fsp3) is 0.238. The van der Waals surface area contributed by atoms with Gasteiger partial charge in [-0.1, -0.05) is 36.9 Å². The number of hydrogen-bond donors (Lipinski definition) is 2. The predicted molar refractivity (Wildman–Crippen MR) is 115 cm³/mol. The molecule has 31 heavy (non-hydrogen) atoms. The summed E-state index contributed by atoms with van der Waals surface area (Å²) in [5.41, 5.74) is 1.36. The van der Waals surface area contributed by atoms with Gasteiger partial charge in [-0.3, -0.25) is 4.79 Å². The Morgan fingerprint density at radius 2 is 1.65 bits per heavy atom. The van der Waals surface area contributed by atoms with Crippen molar-refractivity contribution in [1.29, 1.82) is 0 Å². The minimum Gasteiger partial charge on any atom is -0.445 e. The molecule has 1 saturated heterocycles. The zero-order valence-corrected chi connectivity index (χ0v) is 17.7. The topological polar surface area (TPSA) is 108 Å². The number of carbonyl (C=O) groups is 2. The Hall–Kier alpha value is -3.21. The molecule has 0 aromatic heterocycles. The number of rotatable bonds is 7. The van der Waals surface area contributed by atoms with Crippen LogP contribution in [0.2, 0.25) is 0 Å². The third-order valence-corrected chi connectivity index (χ3v) is 6.00. The molecule has 2 N–H and O–H groups in total. The number of piperazine rings is 1. The first-order valence-corrected chi connectivity index (χ1v) is 11.1. The van der Waals surface area contributed by atoms with Crippen molar-refractivity contribution in [1.82, 2.24) is 14.7 Å². The van der Waals surface area contributed by atoms with Gasteiger partial charge in [0.05, 0.1) is 4.90 Å². The van der Waals surface area contributed by atoms with Gasteiger partial charge >= 0.3 is 6.09 Å². The summed E-state index contributed by atoms with van der Waals surface area (Å²) in [6, 6.07) is 15.2. The van der Waals surface area contributed by atoms with Crippen LogP contribution in [0.1, 0.15) is 5.56 Å². The maximum Gasteiger partial charge on any atom is 0.410 e. The molecular formula is C21H24N4O5S. The van der Waals surface area contributed by atoms with E-state index in [1.165, 1.54) is 24.3 Å². The average molecular weight is 445 g/mol. The molecular weight excluding hydrogens is 420 g/mol. The third-order valence-electron chi connectivity index (χ3n) is 4.61. The Morgan fingerprint density at radius 1 is 1.00 bits per heavy atom. The number of hydrazine groups is 1. The second-order valence-corrected chi connectivity index (χ2v) is 8.49. The molecule has 164 valence electrons. The molecule has 0 bridgehead atoms. The van der Waals surface area contributed by atoms with Crippen molar-refractivity contribution >= 4 is 27.7 Å². The van der Waals surface area contributed by atoms with E-state index in [2.05, 4.69) is 16.7 Å². The highest BCUT2D eigenvalue weighted by Crippen LogP contribution is 2.15. The fourth-order valence-electron chi connectivity index (χ4n) is 2.92. The van der Waals surface area contributed by atoms with Crippen molar-refractivity contribution in [3.05, 3.63) is 72.8 Å². The van der Waals surface area contributed by atoms with E-state index in [0.29, 0.717) is 31.9 Å². The van der Waals surface area contributed by atoms with Gasteiger partial charge in [-0.15, -0.1) is 4.83 Å². The molecule has 1 aliphatic heterocycles. The highest BCUT2D eigenvalue weighted by Gasteiger charge is 2.25. The van der Waals surface area contributed by atoms with Gasteiger partial charge in [-0.05, 0) is 35.9 Å². The number of nitrogens with zero attached hydrogens (tertiary/aromatic N) is 2. The van der Waals surface area contributed by atoms with Crippen LogP contribution >= 0.6 is 0 Å². The summed E-state index contributed by atoms with van der Waals surface area (Å²) in [6.07, 6.45) is 0.701. The second-order valence-electron chi connectivity index (χ2n) is 6.83. The van der Waals surface area contributed by atoms with E-state index in [1.807, 2.05) is 30.3 Å². The van der Waals surface area contributed by atoms with Crippen molar-refractivity contribution < 1.29 is 22.7 Å². The van der Waals surface area contributed by atoms with E-state index in [0.717, 1.165) is 11.6 Å². The van der Waals surface area contributed by atoms with Gasteiger partial charge in [0.2, 0.25) is 5.91 Å². The van der Waals surface area contributed by atoms with Gasteiger partial charge in [0.15, 0.2) is 0 Å². The van der Waals surface area contributed by atoms with E-state index < -0.39 is 16.1 Å². The van der Waals surface area contributed by atoms with Crippen LogP contribution < -0.4 is 10.1 Å². The standard InChI is InChI=1S/C21H24N4O5S/c1-2-20(26)22-18-8-10-19(11-9-18)31(28,29)23-25-14-12-24(13-15-25)21(27)30-16-17-6-4-3-5-7-17/h2-11,23H,1,12-16H2,(H,22,26). The van der Waals surface area contributed by atoms with Crippen LogP contribution in [0.5, 0.6) is 0 Å². The summed E-state index contributed by atoms with van der Waals surface area (Å²) in [7, 11) is -3.79. The quantitative estimate of drug-likeness (QED) is 0.632. The van der Waals surface area contributed by atoms with Crippen LogP contribution in [-0.4, -0.2) is 56.5 Å². The molecule has 0 spiro atoms. The maximum absolute atomic E-state index is 12.6. The van der Waals surface area contributed by atoms with Crippen LogP contribution in [0.25, 0.3) is 0 Å². The zero-order valence-electron chi connectivity index (χ0n) is 16.9. The first kappa shape index (κ1) is 22.5. The third kappa shape index (κ3) is 6.38. The monoisotopic (exact) mass is 444 g/mol. The first-order valence-electron chi connectivity index (χ1n) is 9.64. The number of carbonyl (C=O) groups excluding carboxylic acids is 2. The van der Waals surface area contributed by atoms with Crippen LogP contribution in [0.3, 0.4) is 0 Å². The Bertz CT molecular complexity index is 1020. The largest absolute Gasteiger partial charge is 0.445 e. The van der Waals surface area contributed by atoms with Crippen LogP contribution in [0.15, 0.2) is 72.1 Å². The van der Waals surface area contributed by atoms with Gasteiger partial charge in [0.1, 0.15) is 6.61 Å². The molecule has 1 aliphatic rings.